The van der Waals surface area contributed by atoms with Crippen molar-refractivity contribution in [2.45, 2.75) is 40.5 Å². The minimum atomic E-state index is -0.517. The highest BCUT2D eigenvalue weighted by atomic mass is 16.5. The van der Waals surface area contributed by atoms with E-state index >= 15 is 0 Å². The molecule has 0 spiro atoms. The highest BCUT2D eigenvalue weighted by Crippen LogP contribution is 2.29. The van der Waals surface area contributed by atoms with E-state index in [9.17, 15) is 4.79 Å². The molecule has 1 N–H and O–H groups in total. The van der Waals surface area contributed by atoms with E-state index in [2.05, 4.69) is 31.0 Å². The molecule has 2 aromatic rings. The molecule has 0 fully saturated rings. The molecular formula is C24H31NO3. The molecule has 150 valence electrons. The molecule has 0 bridgehead atoms. The quantitative estimate of drug-likeness (QED) is 0.425. The number of nitrogens with one attached hydrogen (secondary N) is 1. The van der Waals surface area contributed by atoms with Crippen molar-refractivity contribution in [3.8, 4) is 11.5 Å². The van der Waals surface area contributed by atoms with Gasteiger partial charge < -0.3 is 14.8 Å². The number of rotatable bonds is 10. The summed E-state index contributed by atoms with van der Waals surface area (Å²) in [5.41, 5.74) is 2.46. The van der Waals surface area contributed by atoms with Gasteiger partial charge in [-0.1, -0.05) is 50.8 Å². The number of carbonyl (C=O) groups excluding carboxylic acids is 1. The van der Waals surface area contributed by atoms with Gasteiger partial charge in [0, 0.05) is 5.41 Å². The van der Waals surface area contributed by atoms with Crippen LogP contribution in [-0.4, -0.2) is 19.1 Å². The molecule has 2 rings (SSSR count). The minimum Gasteiger partial charge on any atom is -0.493 e. The van der Waals surface area contributed by atoms with E-state index < -0.39 is 5.41 Å². The van der Waals surface area contributed by atoms with Crippen LogP contribution in [0, 0.1) is 19.3 Å². The van der Waals surface area contributed by atoms with Crippen LogP contribution in [-0.2, 0) is 4.79 Å². The smallest absolute Gasteiger partial charge is 0.230 e. The number of hydrogen-bond acceptors (Lipinski definition) is 3. The predicted octanol–water partition coefficient (Wildman–Crippen LogP) is 5.69. The van der Waals surface area contributed by atoms with Gasteiger partial charge in [0.2, 0.25) is 5.91 Å². The molecule has 0 atom stereocenters. The summed E-state index contributed by atoms with van der Waals surface area (Å²) in [4.78, 5) is 12.8. The van der Waals surface area contributed by atoms with Crippen molar-refractivity contribution < 1.29 is 14.3 Å². The lowest BCUT2D eigenvalue weighted by Gasteiger charge is -2.24. The van der Waals surface area contributed by atoms with Crippen LogP contribution in [0.15, 0.2) is 55.1 Å². The topological polar surface area (TPSA) is 47.6 Å². The van der Waals surface area contributed by atoms with Crippen LogP contribution in [0.25, 0.3) is 0 Å². The molecule has 0 heterocycles. The number of amides is 1. The zero-order valence-corrected chi connectivity index (χ0v) is 17.4. The third-order valence-corrected chi connectivity index (χ3v) is 4.65. The van der Waals surface area contributed by atoms with Crippen LogP contribution in [0.3, 0.4) is 0 Å². The number of carbonyl (C=O) groups is 1. The van der Waals surface area contributed by atoms with Gasteiger partial charge in [-0.05, 0) is 56.0 Å². The van der Waals surface area contributed by atoms with Gasteiger partial charge in [-0.2, -0.15) is 0 Å². The molecule has 28 heavy (non-hydrogen) atoms. The van der Waals surface area contributed by atoms with Gasteiger partial charge in [0.25, 0.3) is 0 Å². The molecule has 1 amide bonds. The number of para-hydroxylation sites is 2. The zero-order chi connectivity index (χ0) is 20.6. The summed E-state index contributed by atoms with van der Waals surface area (Å²) in [6.45, 7) is 12.6. The van der Waals surface area contributed by atoms with E-state index in [1.54, 1.807) is 6.08 Å². The van der Waals surface area contributed by atoms with Crippen LogP contribution >= 0.6 is 0 Å². The third-order valence-electron chi connectivity index (χ3n) is 4.65. The summed E-state index contributed by atoms with van der Waals surface area (Å²) >= 11 is 0. The Morgan fingerprint density at radius 3 is 2.61 bits per heavy atom. The van der Waals surface area contributed by atoms with Crippen molar-refractivity contribution in [3.05, 3.63) is 66.2 Å². The van der Waals surface area contributed by atoms with Gasteiger partial charge in [0.1, 0.15) is 18.1 Å². The van der Waals surface area contributed by atoms with E-state index in [4.69, 9.17) is 9.47 Å². The van der Waals surface area contributed by atoms with Gasteiger partial charge in [-0.25, -0.2) is 0 Å². The first-order valence-corrected chi connectivity index (χ1v) is 9.68. The number of benzene rings is 2. The summed E-state index contributed by atoms with van der Waals surface area (Å²) in [6, 6.07) is 13.6. The molecule has 0 aliphatic rings. The largest absolute Gasteiger partial charge is 0.493 e. The zero-order valence-electron chi connectivity index (χ0n) is 17.4. The number of ether oxygens (including phenoxy) is 2. The summed E-state index contributed by atoms with van der Waals surface area (Å²) < 4.78 is 11.5. The first-order chi connectivity index (χ1) is 13.3. The summed E-state index contributed by atoms with van der Waals surface area (Å²) in [5, 5.41) is 3.00. The molecular weight excluding hydrogens is 350 g/mol. The molecule has 2 aromatic carbocycles. The maximum atomic E-state index is 12.8. The Hall–Kier alpha value is -2.75. The van der Waals surface area contributed by atoms with Crippen LogP contribution in [0.5, 0.6) is 11.5 Å². The second kappa shape index (κ2) is 9.98. The van der Waals surface area contributed by atoms with Gasteiger partial charge >= 0.3 is 0 Å². The van der Waals surface area contributed by atoms with Crippen molar-refractivity contribution in [2.75, 3.05) is 18.5 Å². The van der Waals surface area contributed by atoms with E-state index in [1.165, 1.54) is 5.56 Å². The normalized spacial score (nSPS) is 11.0. The van der Waals surface area contributed by atoms with Crippen molar-refractivity contribution in [3.63, 3.8) is 0 Å². The summed E-state index contributed by atoms with van der Waals surface area (Å²) in [7, 11) is 0. The maximum absolute atomic E-state index is 12.8. The molecule has 4 heteroatoms. The Labute approximate surface area is 168 Å². The fraction of sp³-hybridized carbons (Fsp3) is 0.375. The summed E-state index contributed by atoms with van der Waals surface area (Å²) in [6.07, 6.45) is 3.19. The SMILES string of the molecule is C=CCOc1ccccc1NC(=O)C(C)(C)CCCOc1cc(C)ccc1C. The van der Waals surface area contributed by atoms with Crippen LogP contribution in [0.4, 0.5) is 5.69 Å². The van der Waals surface area contributed by atoms with Crippen LogP contribution < -0.4 is 14.8 Å². The lowest BCUT2D eigenvalue weighted by molar-refractivity contribution is -0.124. The van der Waals surface area contributed by atoms with Crippen molar-refractivity contribution in [1.29, 1.82) is 0 Å². The molecule has 0 aliphatic heterocycles. The molecule has 4 nitrogen and oxygen atoms in total. The fourth-order valence-electron chi connectivity index (χ4n) is 2.81. The molecule has 0 aromatic heterocycles. The van der Waals surface area contributed by atoms with Gasteiger partial charge in [0.15, 0.2) is 0 Å². The predicted molar refractivity (Wildman–Crippen MR) is 115 cm³/mol. The minimum absolute atomic E-state index is 0.0334. The molecule has 0 saturated carbocycles. The number of aryl methyl sites for hydroxylation is 2. The Kier molecular flexibility index (Phi) is 7.68. The van der Waals surface area contributed by atoms with Crippen LogP contribution in [0.1, 0.15) is 37.8 Å². The highest BCUT2D eigenvalue weighted by Gasteiger charge is 2.27. The lowest BCUT2D eigenvalue weighted by Crippen LogP contribution is -2.31. The van der Waals surface area contributed by atoms with E-state index in [1.807, 2.05) is 51.1 Å². The van der Waals surface area contributed by atoms with Gasteiger partial charge in [-0.3, -0.25) is 4.79 Å². The lowest BCUT2D eigenvalue weighted by atomic mass is 9.87. The number of anilines is 1. The molecule has 0 radical (unpaired) electrons. The monoisotopic (exact) mass is 381 g/mol. The number of hydrogen-bond donors (Lipinski definition) is 1. The van der Waals surface area contributed by atoms with E-state index in [0.29, 0.717) is 24.7 Å². The van der Waals surface area contributed by atoms with Crippen LogP contribution in [0.2, 0.25) is 0 Å². The van der Waals surface area contributed by atoms with E-state index in [0.717, 1.165) is 24.2 Å². The second-order valence-corrected chi connectivity index (χ2v) is 7.65. The summed E-state index contributed by atoms with van der Waals surface area (Å²) in [5.74, 6) is 1.52. The van der Waals surface area contributed by atoms with Crippen molar-refractivity contribution in [1.82, 2.24) is 0 Å². The fourth-order valence-corrected chi connectivity index (χ4v) is 2.81. The molecule has 0 aliphatic carbocycles. The molecule has 0 unspecified atom stereocenters. The Bertz CT molecular complexity index is 811. The van der Waals surface area contributed by atoms with Crippen molar-refractivity contribution in [2.24, 2.45) is 5.41 Å². The van der Waals surface area contributed by atoms with E-state index in [-0.39, 0.29) is 5.91 Å². The Balaban J connectivity index is 1.89. The average molecular weight is 382 g/mol. The van der Waals surface area contributed by atoms with Gasteiger partial charge in [0.05, 0.1) is 12.3 Å². The maximum Gasteiger partial charge on any atom is 0.230 e. The Morgan fingerprint density at radius 2 is 1.86 bits per heavy atom. The first kappa shape index (κ1) is 21.5. The highest BCUT2D eigenvalue weighted by molar-refractivity contribution is 5.96. The first-order valence-electron chi connectivity index (χ1n) is 9.68. The second-order valence-electron chi connectivity index (χ2n) is 7.65. The molecule has 0 saturated heterocycles. The van der Waals surface area contributed by atoms with Crippen molar-refractivity contribution >= 4 is 11.6 Å². The standard InChI is InChI=1S/C24H31NO3/c1-6-15-27-21-11-8-7-10-20(21)25-23(26)24(4,5)14-9-16-28-22-17-18(2)12-13-19(22)3/h6-8,10-13,17H,1,9,14-16H2,2-5H3,(H,25,26). The Morgan fingerprint density at radius 1 is 1.11 bits per heavy atom. The third kappa shape index (κ3) is 6.15. The van der Waals surface area contributed by atoms with Gasteiger partial charge in [-0.15, -0.1) is 0 Å². The average Bonchev–Trinajstić information content (AvgIpc) is 2.67.